The molecule has 1 aliphatic rings. The molecule has 2 nitrogen and oxygen atoms in total. The van der Waals surface area contributed by atoms with Crippen LogP contribution < -0.4 is 5.32 Å². The van der Waals surface area contributed by atoms with Gasteiger partial charge in [0.05, 0.1) is 17.2 Å². The molecule has 2 unspecified atom stereocenters. The minimum atomic E-state index is -0.796. The summed E-state index contributed by atoms with van der Waals surface area (Å²) in [5.41, 5.74) is 2.75. The number of hydrogen-bond acceptors (Lipinski definition) is 2. The second-order valence-corrected chi connectivity index (χ2v) is 5.08. The molecular weight excluding hydrogens is 265 g/mol. The van der Waals surface area contributed by atoms with Gasteiger partial charge in [0.2, 0.25) is 0 Å². The Bertz CT molecular complexity index is 617. The fourth-order valence-electron chi connectivity index (χ4n) is 2.50. The average molecular weight is 278 g/mol. The van der Waals surface area contributed by atoms with Gasteiger partial charge < -0.3 is 10.4 Å². The summed E-state index contributed by atoms with van der Waals surface area (Å²) in [6.45, 7) is 0.716. The molecule has 2 aromatic carbocycles. The van der Waals surface area contributed by atoms with E-state index in [1.807, 2.05) is 24.3 Å². The van der Waals surface area contributed by atoms with Crippen molar-refractivity contribution in [3.63, 3.8) is 0 Å². The molecular formula is C15H13ClFNO. The zero-order valence-electron chi connectivity index (χ0n) is 10.1. The standard InChI is InChI=1S/C15H13ClFNO/c16-12-6-5-9(7-13(12)17)15(19)14-11-4-2-1-3-10(11)8-18-14/h1-7,14-15,18-19H,8H2. The predicted octanol–water partition coefficient (Wildman–Crippen LogP) is 3.36. The molecule has 0 bridgehead atoms. The van der Waals surface area contributed by atoms with E-state index in [1.165, 1.54) is 17.7 Å². The molecule has 0 radical (unpaired) electrons. The molecule has 0 saturated carbocycles. The van der Waals surface area contributed by atoms with E-state index in [0.717, 1.165) is 5.56 Å². The normalized spacial score (nSPS) is 19.2. The highest BCUT2D eigenvalue weighted by molar-refractivity contribution is 6.30. The van der Waals surface area contributed by atoms with Crippen LogP contribution in [0.4, 0.5) is 4.39 Å². The van der Waals surface area contributed by atoms with E-state index >= 15 is 0 Å². The van der Waals surface area contributed by atoms with E-state index in [-0.39, 0.29) is 11.1 Å². The lowest BCUT2D eigenvalue weighted by Gasteiger charge is -2.20. The number of nitrogens with one attached hydrogen (secondary N) is 1. The van der Waals surface area contributed by atoms with E-state index in [9.17, 15) is 9.50 Å². The Morgan fingerprint density at radius 3 is 2.84 bits per heavy atom. The van der Waals surface area contributed by atoms with Crippen molar-refractivity contribution >= 4 is 11.6 Å². The van der Waals surface area contributed by atoms with Gasteiger partial charge in [-0.2, -0.15) is 0 Å². The minimum absolute atomic E-state index is 0.0655. The molecule has 0 saturated heterocycles. The van der Waals surface area contributed by atoms with Gasteiger partial charge in [-0.15, -0.1) is 0 Å². The summed E-state index contributed by atoms with van der Waals surface area (Å²) in [6, 6.07) is 12.1. The topological polar surface area (TPSA) is 32.3 Å². The summed E-state index contributed by atoms with van der Waals surface area (Å²) in [7, 11) is 0. The highest BCUT2D eigenvalue weighted by Gasteiger charge is 2.29. The molecule has 0 aromatic heterocycles. The Labute approximate surface area is 115 Å². The van der Waals surface area contributed by atoms with Gasteiger partial charge in [0.25, 0.3) is 0 Å². The van der Waals surface area contributed by atoms with Crippen LogP contribution in [0.5, 0.6) is 0 Å². The molecule has 0 amide bonds. The number of fused-ring (bicyclic) bond motifs is 1. The molecule has 0 fully saturated rings. The molecule has 1 aliphatic heterocycles. The van der Waals surface area contributed by atoms with Gasteiger partial charge in [0, 0.05) is 6.54 Å². The van der Waals surface area contributed by atoms with Crippen molar-refractivity contribution in [3.8, 4) is 0 Å². The third-order valence-electron chi connectivity index (χ3n) is 3.50. The maximum atomic E-state index is 13.5. The number of hydrogen-bond donors (Lipinski definition) is 2. The molecule has 98 valence electrons. The van der Waals surface area contributed by atoms with Crippen LogP contribution >= 0.6 is 11.6 Å². The number of aliphatic hydroxyl groups excluding tert-OH is 1. The first-order chi connectivity index (χ1) is 9.16. The van der Waals surface area contributed by atoms with Gasteiger partial charge in [-0.25, -0.2) is 4.39 Å². The molecule has 19 heavy (non-hydrogen) atoms. The summed E-state index contributed by atoms with van der Waals surface area (Å²) in [5, 5.41) is 13.7. The molecule has 2 aromatic rings. The SMILES string of the molecule is OC(c1ccc(Cl)c(F)c1)C1NCc2ccccc21. The fraction of sp³-hybridized carbons (Fsp3) is 0.200. The molecule has 3 rings (SSSR count). The fourth-order valence-corrected chi connectivity index (χ4v) is 2.62. The van der Waals surface area contributed by atoms with Crippen LogP contribution in [-0.4, -0.2) is 5.11 Å². The smallest absolute Gasteiger partial charge is 0.142 e. The predicted molar refractivity (Wildman–Crippen MR) is 72.4 cm³/mol. The Balaban J connectivity index is 1.93. The van der Waals surface area contributed by atoms with Crippen LogP contribution in [-0.2, 0) is 6.54 Å². The average Bonchev–Trinajstić information content (AvgIpc) is 2.85. The Morgan fingerprint density at radius 2 is 2.05 bits per heavy atom. The highest BCUT2D eigenvalue weighted by atomic mass is 35.5. The first-order valence-electron chi connectivity index (χ1n) is 6.11. The van der Waals surface area contributed by atoms with Crippen LogP contribution in [0, 0.1) is 5.82 Å². The van der Waals surface area contributed by atoms with Crippen LogP contribution in [0.1, 0.15) is 28.8 Å². The van der Waals surface area contributed by atoms with Crippen molar-refractivity contribution in [2.75, 3.05) is 0 Å². The van der Waals surface area contributed by atoms with E-state index in [0.29, 0.717) is 12.1 Å². The van der Waals surface area contributed by atoms with Crippen LogP contribution in [0.25, 0.3) is 0 Å². The highest BCUT2D eigenvalue weighted by Crippen LogP contribution is 2.35. The van der Waals surface area contributed by atoms with E-state index < -0.39 is 11.9 Å². The molecule has 4 heteroatoms. The summed E-state index contributed by atoms with van der Waals surface area (Å²) in [6.07, 6.45) is -0.796. The van der Waals surface area contributed by atoms with Crippen molar-refractivity contribution in [2.24, 2.45) is 0 Å². The van der Waals surface area contributed by atoms with Gasteiger partial charge >= 0.3 is 0 Å². The monoisotopic (exact) mass is 277 g/mol. The number of aliphatic hydroxyl groups is 1. The molecule has 0 aliphatic carbocycles. The second kappa shape index (κ2) is 4.93. The largest absolute Gasteiger partial charge is 0.386 e. The second-order valence-electron chi connectivity index (χ2n) is 4.68. The Hall–Kier alpha value is -1.42. The first-order valence-corrected chi connectivity index (χ1v) is 6.49. The summed E-state index contributed by atoms with van der Waals surface area (Å²) in [4.78, 5) is 0. The van der Waals surface area contributed by atoms with Gasteiger partial charge in [0.1, 0.15) is 5.82 Å². The molecule has 2 atom stereocenters. The van der Waals surface area contributed by atoms with E-state index in [2.05, 4.69) is 5.32 Å². The number of benzene rings is 2. The van der Waals surface area contributed by atoms with Crippen LogP contribution in [0.2, 0.25) is 5.02 Å². The van der Waals surface area contributed by atoms with E-state index in [1.54, 1.807) is 6.07 Å². The Kier molecular flexibility index (Phi) is 3.27. The Morgan fingerprint density at radius 1 is 1.26 bits per heavy atom. The zero-order chi connectivity index (χ0) is 13.4. The number of rotatable bonds is 2. The lowest BCUT2D eigenvalue weighted by atomic mass is 9.96. The van der Waals surface area contributed by atoms with Crippen molar-refractivity contribution in [1.82, 2.24) is 5.32 Å². The van der Waals surface area contributed by atoms with Crippen molar-refractivity contribution in [2.45, 2.75) is 18.7 Å². The maximum absolute atomic E-state index is 13.5. The first kappa shape index (κ1) is 12.6. The third-order valence-corrected chi connectivity index (χ3v) is 3.81. The lowest BCUT2D eigenvalue weighted by Crippen LogP contribution is -2.20. The molecule has 0 spiro atoms. The van der Waals surface area contributed by atoms with Crippen molar-refractivity contribution in [3.05, 3.63) is 70.0 Å². The van der Waals surface area contributed by atoms with E-state index in [4.69, 9.17) is 11.6 Å². The molecule has 1 heterocycles. The quantitative estimate of drug-likeness (QED) is 0.882. The maximum Gasteiger partial charge on any atom is 0.142 e. The third kappa shape index (κ3) is 2.25. The number of halogens is 2. The van der Waals surface area contributed by atoms with Crippen molar-refractivity contribution in [1.29, 1.82) is 0 Å². The zero-order valence-corrected chi connectivity index (χ0v) is 10.9. The van der Waals surface area contributed by atoms with Gasteiger partial charge in [-0.05, 0) is 28.8 Å². The lowest BCUT2D eigenvalue weighted by molar-refractivity contribution is 0.133. The summed E-state index contributed by atoms with van der Waals surface area (Å²) >= 11 is 5.65. The van der Waals surface area contributed by atoms with Gasteiger partial charge in [-0.3, -0.25) is 0 Å². The van der Waals surface area contributed by atoms with Gasteiger partial charge in [0.15, 0.2) is 0 Å². The summed E-state index contributed by atoms with van der Waals surface area (Å²) in [5.74, 6) is -0.510. The van der Waals surface area contributed by atoms with Crippen LogP contribution in [0.15, 0.2) is 42.5 Å². The van der Waals surface area contributed by atoms with Gasteiger partial charge in [-0.1, -0.05) is 41.9 Å². The molecule has 2 N–H and O–H groups in total. The summed E-state index contributed by atoms with van der Waals surface area (Å²) < 4.78 is 13.5. The van der Waals surface area contributed by atoms with Crippen LogP contribution in [0.3, 0.4) is 0 Å². The minimum Gasteiger partial charge on any atom is -0.386 e. The van der Waals surface area contributed by atoms with Crippen molar-refractivity contribution < 1.29 is 9.50 Å².